The van der Waals surface area contributed by atoms with Crippen LogP contribution in [-0.4, -0.2) is 65.8 Å². The Kier molecular flexibility index (Phi) is 14.7. The Morgan fingerprint density at radius 1 is 0.654 bits per heavy atom. The van der Waals surface area contributed by atoms with Crippen molar-refractivity contribution in [1.29, 1.82) is 0 Å². The third-order valence-corrected chi connectivity index (χ3v) is 9.06. The first kappa shape index (κ1) is 39.9. The van der Waals surface area contributed by atoms with E-state index >= 15 is 0 Å². The highest BCUT2D eigenvalue weighted by Gasteiger charge is 2.50. The van der Waals surface area contributed by atoms with Crippen molar-refractivity contribution < 1.29 is 28.7 Å². The van der Waals surface area contributed by atoms with E-state index in [1.165, 1.54) is 0 Å². The van der Waals surface area contributed by atoms with E-state index in [0.29, 0.717) is 32.3 Å². The maximum Gasteiger partial charge on any atom is 0.243 e. The third kappa shape index (κ3) is 12.7. The number of hydrogen-bond donors (Lipinski definition) is 4. The summed E-state index contributed by atoms with van der Waals surface area (Å²) in [5, 5.41) is 11.6. The summed E-state index contributed by atoms with van der Waals surface area (Å²) >= 11 is 0. The summed E-state index contributed by atoms with van der Waals surface area (Å²) in [6, 6.07) is 25.2. The minimum absolute atomic E-state index is 0.0111. The molecule has 0 spiro atoms. The lowest BCUT2D eigenvalue weighted by atomic mass is 9.93. The van der Waals surface area contributed by atoms with Gasteiger partial charge in [-0.1, -0.05) is 113 Å². The Hall–Kier alpha value is -4.83. The fourth-order valence-electron chi connectivity index (χ4n) is 6.10. The number of benzene rings is 3. The van der Waals surface area contributed by atoms with Gasteiger partial charge in [-0.15, -0.1) is 0 Å². The van der Waals surface area contributed by atoms with Crippen LogP contribution in [0.5, 0.6) is 0 Å². The van der Waals surface area contributed by atoms with Crippen molar-refractivity contribution in [2.24, 2.45) is 11.8 Å². The molecule has 10 nitrogen and oxygen atoms in total. The van der Waals surface area contributed by atoms with Gasteiger partial charge in [-0.05, 0) is 67.2 Å². The van der Waals surface area contributed by atoms with Crippen LogP contribution in [0, 0.1) is 17.9 Å². The van der Waals surface area contributed by atoms with Crippen molar-refractivity contribution in [3.63, 3.8) is 0 Å². The number of amides is 4. The van der Waals surface area contributed by atoms with Crippen molar-refractivity contribution in [3.8, 4) is 0 Å². The van der Waals surface area contributed by atoms with Crippen LogP contribution in [-0.2, 0) is 48.0 Å². The number of Topliss-reactive ketones (excluding diaryl/α,β-unsaturated/α-hetero) is 1. The summed E-state index contributed by atoms with van der Waals surface area (Å²) in [4.78, 5) is 68.4. The van der Waals surface area contributed by atoms with Gasteiger partial charge in [0.2, 0.25) is 23.6 Å². The molecule has 0 aromatic heterocycles. The van der Waals surface area contributed by atoms with Crippen LogP contribution in [0.4, 0.5) is 0 Å². The van der Waals surface area contributed by atoms with Crippen LogP contribution in [0.15, 0.2) is 84.9 Å². The van der Waals surface area contributed by atoms with Crippen molar-refractivity contribution in [3.05, 3.63) is 108 Å². The molecule has 5 atom stereocenters. The minimum atomic E-state index is -1.03. The molecular weight excluding hydrogens is 656 g/mol. The summed E-state index contributed by atoms with van der Waals surface area (Å²) in [7, 11) is 0. The Labute approximate surface area is 307 Å². The standard InChI is InChI=1S/C42H53N4O6/c1-28(2)23-34(38(48)42(5)27-52-42)44-41(51)36(25-31-17-11-7-12-18-31)46-40(50)35(24-29(3)4)45-39(49)33(22-21-30-15-9-6-10-16-30)43-37(47)26-32-19-13-8-14-20-32/h6-7,9-20,28-29,33-36H,21-27H2,1-5H3,(H,43,47)(H,44,51)(H,45,49)(H,46,50)/t33-,34-,35-,36-,42-/m0/s1. The zero-order chi connectivity index (χ0) is 37.7. The summed E-state index contributed by atoms with van der Waals surface area (Å²) in [6.07, 6.45) is 1.81. The molecule has 1 aliphatic rings. The highest BCUT2D eigenvalue weighted by molar-refractivity contribution is 5.98. The van der Waals surface area contributed by atoms with E-state index < -0.39 is 47.5 Å². The predicted octanol–water partition coefficient (Wildman–Crippen LogP) is 4.29. The molecule has 4 amide bonds. The second kappa shape index (κ2) is 19.1. The molecule has 3 aromatic carbocycles. The second-order valence-electron chi connectivity index (χ2n) is 14.7. The van der Waals surface area contributed by atoms with E-state index in [4.69, 9.17) is 4.74 Å². The lowest BCUT2D eigenvalue weighted by Crippen LogP contribution is -2.59. The van der Waals surface area contributed by atoms with Crippen LogP contribution in [0.25, 0.3) is 0 Å². The molecule has 0 saturated carbocycles. The molecule has 4 N–H and O–H groups in total. The van der Waals surface area contributed by atoms with Gasteiger partial charge in [0.05, 0.1) is 19.1 Å². The van der Waals surface area contributed by atoms with Gasteiger partial charge in [0.15, 0.2) is 5.78 Å². The lowest BCUT2D eigenvalue weighted by molar-refractivity contribution is -0.135. The van der Waals surface area contributed by atoms with Gasteiger partial charge in [-0.3, -0.25) is 24.0 Å². The molecule has 0 aliphatic carbocycles. The molecule has 1 radical (unpaired) electrons. The van der Waals surface area contributed by atoms with Gasteiger partial charge in [0.1, 0.15) is 23.7 Å². The normalized spacial score (nSPS) is 17.4. The van der Waals surface area contributed by atoms with E-state index in [1.807, 2.05) is 88.4 Å². The first-order valence-corrected chi connectivity index (χ1v) is 18.2. The monoisotopic (exact) mass is 709 g/mol. The van der Waals surface area contributed by atoms with E-state index in [2.05, 4.69) is 27.3 Å². The molecule has 10 heteroatoms. The van der Waals surface area contributed by atoms with Gasteiger partial charge in [-0.2, -0.15) is 0 Å². The topological polar surface area (TPSA) is 146 Å². The molecule has 1 fully saturated rings. The number of aryl methyl sites for hydroxylation is 1. The van der Waals surface area contributed by atoms with E-state index in [9.17, 15) is 24.0 Å². The fourth-order valence-corrected chi connectivity index (χ4v) is 6.10. The Morgan fingerprint density at radius 2 is 1.15 bits per heavy atom. The van der Waals surface area contributed by atoms with Crippen LogP contribution >= 0.6 is 0 Å². The Morgan fingerprint density at radius 3 is 1.73 bits per heavy atom. The van der Waals surface area contributed by atoms with Crippen LogP contribution in [0.3, 0.4) is 0 Å². The van der Waals surface area contributed by atoms with Crippen molar-refractivity contribution in [2.45, 2.75) is 103 Å². The maximum atomic E-state index is 14.1. The fraction of sp³-hybridized carbons (Fsp3) is 0.452. The molecule has 0 unspecified atom stereocenters. The van der Waals surface area contributed by atoms with E-state index in [1.54, 1.807) is 31.2 Å². The number of nitrogens with one attached hydrogen (secondary N) is 4. The molecule has 3 aromatic rings. The van der Waals surface area contributed by atoms with Gasteiger partial charge >= 0.3 is 0 Å². The SMILES string of the molecule is CC(C)C[C@H](NC(=O)[C@H](CCc1ccccc1)NC(=O)Cc1cc[c]cc1)C(=O)N[C@@H](Cc1ccccc1)C(=O)N[C@@H](CC(C)C)C(=O)[C@]1(C)CO1. The third-order valence-electron chi connectivity index (χ3n) is 9.06. The number of ether oxygens (including phenoxy) is 1. The second-order valence-corrected chi connectivity index (χ2v) is 14.7. The smallest absolute Gasteiger partial charge is 0.243 e. The largest absolute Gasteiger partial charge is 0.361 e. The number of carbonyl (C=O) groups excluding carboxylic acids is 5. The number of epoxide rings is 1. The lowest BCUT2D eigenvalue weighted by Gasteiger charge is -2.28. The Bertz CT molecular complexity index is 1630. The summed E-state index contributed by atoms with van der Waals surface area (Å²) in [6.45, 7) is 9.84. The van der Waals surface area contributed by atoms with Crippen LogP contribution in [0.2, 0.25) is 0 Å². The molecule has 0 bridgehead atoms. The highest BCUT2D eigenvalue weighted by atomic mass is 16.6. The van der Waals surface area contributed by atoms with Crippen molar-refractivity contribution >= 4 is 29.4 Å². The van der Waals surface area contributed by atoms with E-state index in [0.717, 1.165) is 16.7 Å². The van der Waals surface area contributed by atoms with Gasteiger partial charge < -0.3 is 26.0 Å². The van der Waals surface area contributed by atoms with Crippen molar-refractivity contribution in [2.75, 3.05) is 6.61 Å². The molecule has 1 aliphatic heterocycles. The zero-order valence-corrected chi connectivity index (χ0v) is 30.9. The first-order valence-electron chi connectivity index (χ1n) is 18.2. The number of hydrogen-bond acceptors (Lipinski definition) is 6. The van der Waals surface area contributed by atoms with Gasteiger partial charge in [0.25, 0.3) is 0 Å². The molecular formula is C42H53N4O6. The van der Waals surface area contributed by atoms with Crippen LogP contribution < -0.4 is 21.3 Å². The number of rotatable bonds is 20. The van der Waals surface area contributed by atoms with E-state index in [-0.39, 0.29) is 36.4 Å². The zero-order valence-electron chi connectivity index (χ0n) is 30.9. The van der Waals surface area contributed by atoms with Gasteiger partial charge in [0, 0.05) is 6.42 Å². The van der Waals surface area contributed by atoms with Crippen molar-refractivity contribution in [1.82, 2.24) is 21.3 Å². The first-order chi connectivity index (χ1) is 24.8. The predicted molar refractivity (Wildman–Crippen MR) is 200 cm³/mol. The molecule has 1 heterocycles. The molecule has 277 valence electrons. The molecule has 52 heavy (non-hydrogen) atoms. The maximum absolute atomic E-state index is 14.1. The number of ketones is 1. The molecule has 4 rings (SSSR count). The average molecular weight is 710 g/mol. The average Bonchev–Trinajstić information content (AvgIpc) is 3.87. The molecule has 1 saturated heterocycles. The quantitative estimate of drug-likeness (QED) is 0.129. The Balaban J connectivity index is 1.53. The highest BCUT2D eigenvalue weighted by Crippen LogP contribution is 2.29. The summed E-state index contributed by atoms with van der Waals surface area (Å²) in [5.41, 5.74) is 1.69. The van der Waals surface area contributed by atoms with Gasteiger partial charge in [-0.25, -0.2) is 0 Å². The van der Waals surface area contributed by atoms with Crippen LogP contribution in [0.1, 0.15) is 70.6 Å². The minimum Gasteiger partial charge on any atom is -0.361 e. The summed E-state index contributed by atoms with van der Waals surface area (Å²) < 4.78 is 5.40. The number of carbonyl (C=O) groups is 5. The summed E-state index contributed by atoms with van der Waals surface area (Å²) in [5.74, 6) is -1.91.